The van der Waals surface area contributed by atoms with E-state index < -0.39 is 16.9 Å². The molecule has 0 spiro atoms. The lowest BCUT2D eigenvalue weighted by molar-refractivity contribution is 0.394. The first-order chi connectivity index (χ1) is 15.1. The highest BCUT2D eigenvalue weighted by Crippen LogP contribution is 2.42. The molecule has 32 heavy (non-hydrogen) atoms. The first-order valence-electron chi connectivity index (χ1n) is 9.55. The van der Waals surface area contributed by atoms with Gasteiger partial charge in [-0.3, -0.25) is 14.6 Å². The molecule has 164 valence electrons. The van der Waals surface area contributed by atoms with Crippen molar-refractivity contribution in [3.05, 3.63) is 70.2 Å². The highest BCUT2D eigenvalue weighted by molar-refractivity contribution is 6.37. The molecule has 0 unspecified atom stereocenters. The van der Waals surface area contributed by atoms with Crippen LogP contribution >= 0.6 is 23.2 Å². The maximum atomic E-state index is 12.4. The van der Waals surface area contributed by atoms with Gasteiger partial charge < -0.3 is 4.74 Å². The number of nitrogens with one attached hydrogen (secondary N) is 2. The van der Waals surface area contributed by atoms with E-state index in [0.29, 0.717) is 17.5 Å². The molecule has 0 saturated heterocycles. The summed E-state index contributed by atoms with van der Waals surface area (Å²) in [5.74, 6) is 0.259. The monoisotopic (exact) mass is 474 g/mol. The number of nitrogens with zero attached hydrogens (tertiary/aromatic N) is 4. The number of rotatable bonds is 3. The van der Waals surface area contributed by atoms with Gasteiger partial charge in [-0.15, -0.1) is 10.2 Å². The Labute approximate surface area is 190 Å². The van der Waals surface area contributed by atoms with Gasteiger partial charge in [0.2, 0.25) is 11.6 Å². The third-order valence-electron chi connectivity index (χ3n) is 5.31. The summed E-state index contributed by atoms with van der Waals surface area (Å²) in [7, 11) is 0. The Kier molecular flexibility index (Phi) is 5.40. The fourth-order valence-electron chi connectivity index (χ4n) is 3.84. The van der Waals surface area contributed by atoms with Crippen LogP contribution in [0.15, 0.2) is 26.5 Å². The van der Waals surface area contributed by atoms with Crippen molar-refractivity contribution >= 4 is 23.2 Å². The Morgan fingerprint density at radius 1 is 1.19 bits per heavy atom. The molecule has 1 aromatic carbocycles. The maximum Gasteiger partial charge on any atom is 0.349 e. The van der Waals surface area contributed by atoms with Gasteiger partial charge >= 0.3 is 5.69 Å². The molecular formula is C20H16Cl2N6O4. The number of fused-ring (bicyclic) bond motifs is 1. The summed E-state index contributed by atoms with van der Waals surface area (Å²) in [6.45, 7) is 3.98. The van der Waals surface area contributed by atoms with Gasteiger partial charge in [0.05, 0.1) is 15.7 Å². The minimum absolute atomic E-state index is 0.0303. The summed E-state index contributed by atoms with van der Waals surface area (Å²) in [6, 6.07) is 4.30. The van der Waals surface area contributed by atoms with Gasteiger partial charge in [-0.1, -0.05) is 37.0 Å². The molecule has 1 aliphatic carbocycles. The van der Waals surface area contributed by atoms with E-state index in [1.54, 1.807) is 6.07 Å². The molecule has 10 nitrogen and oxygen atoms in total. The zero-order valence-corrected chi connectivity index (χ0v) is 18.5. The fraction of sp³-hybridized carbons (Fsp3) is 0.300. The molecule has 1 aliphatic rings. The number of H-pyrrole nitrogens is 2. The van der Waals surface area contributed by atoms with Crippen molar-refractivity contribution < 1.29 is 4.74 Å². The molecule has 2 aromatic heterocycles. The first kappa shape index (κ1) is 21.8. The van der Waals surface area contributed by atoms with Crippen LogP contribution in [0.5, 0.6) is 11.6 Å². The number of ether oxygens (including phenoxy) is 1. The molecule has 2 N–H and O–H groups in total. The van der Waals surface area contributed by atoms with Crippen LogP contribution in [0.2, 0.25) is 10.0 Å². The van der Waals surface area contributed by atoms with E-state index in [2.05, 4.69) is 15.3 Å². The van der Waals surface area contributed by atoms with Crippen molar-refractivity contribution in [3.8, 4) is 23.4 Å². The molecule has 0 radical (unpaired) electrons. The second kappa shape index (κ2) is 7.93. The minimum atomic E-state index is -0.900. The molecule has 0 atom stereocenters. The van der Waals surface area contributed by atoms with E-state index in [9.17, 15) is 14.4 Å². The van der Waals surface area contributed by atoms with Crippen LogP contribution in [0, 0.1) is 11.3 Å². The molecule has 12 heteroatoms. The van der Waals surface area contributed by atoms with Crippen LogP contribution in [0.3, 0.4) is 0 Å². The zero-order chi connectivity index (χ0) is 23.2. The van der Waals surface area contributed by atoms with Crippen molar-refractivity contribution in [2.24, 2.45) is 0 Å². The number of hydrogen-bond acceptors (Lipinski definition) is 7. The SMILES string of the molecule is CC1(C)CCCc2c(Oc3c(Cl)cc(-n4nc(C#N)c(=O)[nH]c4=O)cc3Cl)n[nH]c(=O)c21. The smallest absolute Gasteiger partial charge is 0.349 e. The Bertz CT molecular complexity index is 1440. The van der Waals surface area contributed by atoms with Gasteiger partial charge in [-0.05, 0) is 36.8 Å². The van der Waals surface area contributed by atoms with Gasteiger partial charge in [0, 0.05) is 11.1 Å². The molecule has 2 heterocycles. The molecular weight excluding hydrogens is 459 g/mol. The largest absolute Gasteiger partial charge is 0.434 e. The van der Waals surface area contributed by atoms with E-state index >= 15 is 0 Å². The molecule has 0 amide bonds. The van der Waals surface area contributed by atoms with Crippen LogP contribution in [0.1, 0.15) is 43.5 Å². The van der Waals surface area contributed by atoms with Crippen molar-refractivity contribution in [1.29, 1.82) is 5.26 Å². The standard InChI is InChI=1S/C20H16Cl2N6O4/c1-20(2)5-3-4-10-14(20)17(30)25-26-18(10)32-15-11(21)6-9(7-12(15)22)28-19(31)24-16(29)13(8-23)27-28/h6-7H,3-5H2,1-2H3,(H,25,30)(H,24,29,31). The first-order valence-corrected chi connectivity index (χ1v) is 10.3. The van der Waals surface area contributed by atoms with Crippen molar-refractivity contribution in [3.63, 3.8) is 0 Å². The van der Waals surface area contributed by atoms with Crippen molar-refractivity contribution in [1.82, 2.24) is 25.0 Å². The predicted octanol–water partition coefficient (Wildman–Crippen LogP) is 2.59. The molecule has 4 rings (SSSR count). The number of aromatic nitrogens is 5. The summed E-state index contributed by atoms with van der Waals surface area (Å²) in [4.78, 5) is 38.1. The average Bonchev–Trinajstić information content (AvgIpc) is 2.71. The van der Waals surface area contributed by atoms with Crippen LogP contribution in [-0.2, 0) is 11.8 Å². The maximum absolute atomic E-state index is 12.4. The Morgan fingerprint density at radius 3 is 2.53 bits per heavy atom. The van der Waals surface area contributed by atoms with Crippen molar-refractivity contribution in [2.75, 3.05) is 0 Å². The Hall–Kier alpha value is -3.42. The van der Waals surface area contributed by atoms with E-state index in [0.717, 1.165) is 17.5 Å². The van der Waals surface area contributed by atoms with E-state index in [1.807, 2.05) is 18.8 Å². The van der Waals surface area contributed by atoms with Crippen LogP contribution in [0.4, 0.5) is 0 Å². The summed E-state index contributed by atoms with van der Waals surface area (Å²) < 4.78 is 6.70. The fourth-order valence-corrected chi connectivity index (χ4v) is 4.40. The third kappa shape index (κ3) is 3.70. The highest BCUT2D eigenvalue weighted by Gasteiger charge is 2.33. The Balaban J connectivity index is 1.79. The highest BCUT2D eigenvalue weighted by atomic mass is 35.5. The second-order valence-electron chi connectivity index (χ2n) is 7.92. The average molecular weight is 475 g/mol. The molecule has 0 aliphatic heterocycles. The molecule has 0 saturated carbocycles. The van der Waals surface area contributed by atoms with E-state index in [4.69, 9.17) is 33.2 Å². The quantitative estimate of drug-likeness (QED) is 0.592. The predicted molar refractivity (Wildman–Crippen MR) is 116 cm³/mol. The number of halogens is 2. The van der Waals surface area contributed by atoms with Gasteiger partial charge in [-0.2, -0.15) is 9.94 Å². The summed E-state index contributed by atoms with van der Waals surface area (Å²) >= 11 is 12.7. The number of aromatic amines is 2. The van der Waals surface area contributed by atoms with Gasteiger partial charge in [0.1, 0.15) is 6.07 Å². The van der Waals surface area contributed by atoms with Gasteiger partial charge in [0.25, 0.3) is 11.1 Å². The van der Waals surface area contributed by atoms with Gasteiger partial charge in [0.15, 0.2) is 5.75 Å². The van der Waals surface area contributed by atoms with Crippen LogP contribution in [-0.4, -0.2) is 25.0 Å². The van der Waals surface area contributed by atoms with Crippen molar-refractivity contribution in [2.45, 2.75) is 38.5 Å². The molecule has 3 aromatic rings. The summed E-state index contributed by atoms with van der Waals surface area (Å²) in [5.41, 5.74) is -1.44. The molecule has 0 fully saturated rings. The number of benzene rings is 1. The third-order valence-corrected chi connectivity index (χ3v) is 5.87. The number of nitriles is 1. The van der Waals surface area contributed by atoms with E-state index in [1.165, 1.54) is 12.1 Å². The minimum Gasteiger partial charge on any atom is -0.434 e. The molecule has 0 bridgehead atoms. The normalized spacial score (nSPS) is 14.5. The van der Waals surface area contributed by atoms with E-state index in [-0.39, 0.29) is 38.3 Å². The van der Waals surface area contributed by atoms with Gasteiger partial charge in [-0.25, -0.2) is 9.89 Å². The second-order valence-corrected chi connectivity index (χ2v) is 8.74. The lowest BCUT2D eigenvalue weighted by atomic mass is 9.74. The van der Waals surface area contributed by atoms with Crippen LogP contribution in [0.25, 0.3) is 5.69 Å². The summed E-state index contributed by atoms with van der Waals surface area (Å²) in [6.07, 6.45) is 2.34. The zero-order valence-electron chi connectivity index (χ0n) is 17.0. The topological polar surface area (TPSA) is 147 Å². The number of hydrogen-bond donors (Lipinski definition) is 2. The Morgan fingerprint density at radius 2 is 1.88 bits per heavy atom. The van der Waals surface area contributed by atoms with Crippen LogP contribution < -0.4 is 21.5 Å². The lowest BCUT2D eigenvalue weighted by Gasteiger charge is -2.31. The summed E-state index contributed by atoms with van der Waals surface area (Å²) in [5, 5.41) is 19.3. The lowest BCUT2D eigenvalue weighted by Crippen LogP contribution is -2.33.